The number of anilines is 1. The number of hydrogen-bond donors (Lipinski definition) is 1. The molecule has 1 aliphatic heterocycles. The zero-order valence-corrected chi connectivity index (χ0v) is 21.7. The number of nitrogens with zero attached hydrogens (tertiary/aromatic N) is 5. The first-order chi connectivity index (χ1) is 18.4. The SMILES string of the molecule is COC(c1cccc(N2Cc3c(cc(CN(C(=O)O)C4(C)CCC4)cc3C(F)(F)F)C2=O)c1)c1nncn1C. The molecular weight excluding hydrogens is 515 g/mol. The van der Waals surface area contributed by atoms with E-state index in [4.69, 9.17) is 4.74 Å². The first kappa shape index (κ1) is 26.7. The maximum atomic E-state index is 14.2. The summed E-state index contributed by atoms with van der Waals surface area (Å²) in [6.07, 6.45) is -2.88. The number of rotatable bonds is 7. The van der Waals surface area contributed by atoms with Gasteiger partial charge in [-0.05, 0) is 67.1 Å². The van der Waals surface area contributed by atoms with Crippen molar-refractivity contribution in [2.24, 2.45) is 7.05 Å². The van der Waals surface area contributed by atoms with Crippen molar-refractivity contribution in [3.8, 4) is 0 Å². The van der Waals surface area contributed by atoms with Crippen LogP contribution in [0.4, 0.5) is 23.7 Å². The third kappa shape index (κ3) is 4.73. The van der Waals surface area contributed by atoms with Crippen LogP contribution in [0.25, 0.3) is 0 Å². The summed E-state index contributed by atoms with van der Waals surface area (Å²) in [5.41, 5.74) is -0.595. The summed E-state index contributed by atoms with van der Waals surface area (Å²) in [7, 11) is 3.27. The number of ether oxygens (including phenoxy) is 1. The fourth-order valence-electron chi connectivity index (χ4n) is 5.43. The summed E-state index contributed by atoms with van der Waals surface area (Å²) < 4.78 is 49.9. The van der Waals surface area contributed by atoms with Crippen molar-refractivity contribution >= 4 is 17.7 Å². The summed E-state index contributed by atoms with van der Waals surface area (Å²) >= 11 is 0. The highest BCUT2D eigenvalue weighted by Crippen LogP contribution is 2.42. The van der Waals surface area contributed by atoms with Crippen LogP contribution < -0.4 is 4.90 Å². The van der Waals surface area contributed by atoms with Crippen LogP contribution in [-0.4, -0.2) is 49.4 Å². The van der Waals surface area contributed by atoms with E-state index in [9.17, 15) is 27.9 Å². The standard InChI is InChI=1S/C27H28F3N5O4/c1-26(8-5-9-26)35(25(37)38)13-16-10-19-20(21(11-16)27(28,29)30)14-34(24(19)36)18-7-4-6-17(12-18)22(39-3)23-32-31-15-33(23)2/h4,6-7,10-12,15,22H,5,8-9,13-14H2,1-3H3,(H,37,38). The average Bonchev–Trinajstić information content (AvgIpc) is 3.43. The number of benzene rings is 2. The Morgan fingerprint density at radius 3 is 2.56 bits per heavy atom. The van der Waals surface area contributed by atoms with Crippen LogP contribution in [0.2, 0.25) is 0 Å². The quantitative estimate of drug-likeness (QED) is 0.442. The van der Waals surface area contributed by atoms with Gasteiger partial charge in [0.15, 0.2) is 5.82 Å². The second kappa shape index (κ2) is 9.67. The summed E-state index contributed by atoms with van der Waals surface area (Å²) in [6, 6.07) is 9.17. The zero-order chi connectivity index (χ0) is 28.1. The van der Waals surface area contributed by atoms with Gasteiger partial charge in [0.1, 0.15) is 12.4 Å². The predicted molar refractivity (Wildman–Crippen MR) is 134 cm³/mol. The van der Waals surface area contributed by atoms with Crippen LogP contribution in [0, 0.1) is 0 Å². The molecule has 3 aromatic rings. The molecule has 2 aromatic carbocycles. The number of carbonyl (C=O) groups is 2. The molecule has 1 aliphatic carbocycles. The van der Waals surface area contributed by atoms with Gasteiger partial charge in [0.2, 0.25) is 0 Å². The molecule has 39 heavy (non-hydrogen) atoms. The lowest BCUT2D eigenvalue weighted by Gasteiger charge is -2.46. The van der Waals surface area contributed by atoms with E-state index in [-0.39, 0.29) is 29.8 Å². The van der Waals surface area contributed by atoms with E-state index in [1.165, 1.54) is 29.3 Å². The van der Waals surface area contributed by atoms with E-state index in [0.29, 0.717) is 29.9 Å². The summed E-state index contributed by atoms with van der Waals surface area (Å²) in [4.78, 5) is 28.0. The normalized spacial score (nSPS) is 17.1. The van der Waals surface area contributed by atoms with Gasteiger partial charge in [-0.3, -0.25) is 9.69 Å². The number of aryl methyl sites for hydroxylation is 1. The molecule has 1 saturated carbocycles. The summed E-state index contributed by atoms with van der Waals surface area (Å²) in [6.45, 7) is 1.28. The minimum absolute atomic E-state index is 0.0778. The molecular formula is C27H28F3N5O4. The zero-order valence-electron chi connectivity index (χ0n) is 21.7. The number of amides is 2. The Labute approximate surface area is 222 Å². The lowest BCUT2D eigenvalue weighted by Crippen LogP contribution is -2.53. The van der Waals surface area contributed by atoms with Crippen LogP contribution in [0.3, 0.4) is 0 Å². The molecule has 0 radical (unpaired) electrons. The van der Waals surface area contributed by atoms with Crippen LogP contribution >= 0.6 is 0 Å². The van der Waals surface area contributed by atoms with Gasteiger partial charge in [-0.25, -0.2) is 4.79 Å². The maximum Gasteiger partial charge on any atom is 0.416 e. The third-order valence-corrected chi connectivity index (χ3v) is 7.76. The van der Waals surface area contributed by atoms with Gasteiger partial charge in [-0.15, -0.1) is 10.2 Å². The van der Waals surface area contributed by atoms with Crippen LogP contribution in [0.5, 0.6) is 0 Å². The Morgan fingerprint density at radius 1 is 1.26 bits per heavy atom. The average molecular weight is 544 g/mol. The van der Waals surface area contributed by atoms with E-state index in [1.807, 2.05) is 0 Å². The number of carboxylic acid groups (broad SMARTS) is 1. The highest BCUT2D eigenvalue weighted by Gasteiger charge is 2.43. The van der Waals surface area contributed by atoms with Crippen LogP contribution in [0.15, 0.2) is 42.7 Å². The largest absolute Gasteiger partial charge is 0.465 e. The Balaban J connectivity index is 1.51. The van der Waals surface area contributed by atoms with Gasteiger partial charge in [-0.1, -0.05) is 12.1 Å². The number of methoxy groups -OCH3 is 1. The molecule has 12 heteroatoms. The highest BCUT2D eigenvalue weighted by atomic mass is 19.4. The number of halogens is 3. The molecule has 1 fully saturated rings. The minimum Gasteiger partial charge on any atom is -0.465 e. The van der Waals surface area contributed by atoms with Crippen molar-refractivity contribution in [2.45, 2.75) is 57.1 Å². The fraction of sp³-hybridized carbons (Fsp3) is 0.407. The van der Waals surface area contributed by atoms with Crippen molar-refractivity contribution in [1.82, 2.24) is 19.7 Å². The smallest absolute Gasteiger partial charge is 0.416 e. The first-order valence-corrected chi connectivity index (χ1v) is 12.4. The Hall–Kier alpha value is -3.93. The molecule has 1 unspecified atom stereocenters. The molecule has 2 aliphatic rings. The van der Waals surface area contributed by atoms with Crippen LogP contribution in [0.1, 0.15) is 70.7 Å². The fourth-order valence-corrected chi connectivity index (χ4v) is 5.43. The molecule has 5 rings (SSSR count). The number of alkyl halides is 3. The predicted octanol–water partition coefficient (Wildman–Crippen LogP) is 5.15. The molecule has 0 bridgehead atoms. The van der Waals surface area contributed by atoms with Crippen molar-refractivity contribution in [3.05, 3.63) is 76.4 Å². The Bertz CT molecular complexity index is 1430. The molecule has 206 valence electrons. The van der Waals surface area contributed by atoms with E-state index in [1.54, 1.807) is 42.8 Å². The van der Waals surface area contributed by atoms with Gasteiger partial charge < -0.3 is 19.3 Å². The molecule has 0 spiro atoms. The topological polar surface area (TPSA) is 101 Å². The monoisotopic (exact) mass is 543 g/mol. The second-order valence-corrected chi connectivity index (χ2v) is 10.3. The van der Waals surface area contributed by atoms with E-state index < -0.39 is 35.4 Å². The number of fused-ring (bicyclic) bond motifs is 1. The summed E-state index contributed by atoms with van der Waals surface area (Å²) in [5.74, 6) is -0.0586. The third-order valence-electron chi connectivity index (χ3n) is 7.76. The second-order valence-electron chi connectivity index (χ2n) is 10.3. The molecule has 9 nitrogen and oxygen atoms in total. The first-order valence-electron chi connectivity index (χ1n) is 12.4. The van der Waals surface area contributed by atoms with Crippen LogP contribution in [-0.2, 0) is 31.1 Å². The van der Waals surface area contributed by atoms with Gasteiger partial charge in [0.05, 0.1) is 12.1 Å². The van der Waals surface area contributed by atoms with E-state index in [2.05, 4.69) is 10.2 Å². The highest BCUT2D eigenvalue weighted by molar-refractivity contribution is 6.10. The molecule has 1 atom stereocenters. The lowest BCUT2D eigenvalue weighted by molar-refractivity contribution is -0.138. The van der Waals surface area contributed by atoms with E-state index in [0.717, 1.165) is 12.5 Å². The molecule has 1 aromatic heterocycles. The van der Waals surface area contributed by atoms with Crippen molar-refractivity contribution < 1.29 is 32.6 Å². The van der Waals surface area contributed by atoms with Gasteiger partial charge in [0, 0.05) is 37.5 Å². The van der Waals surface area contributed by atoms with E-state index >= 15 is 0 Å². The van der Waals surface area contributed by atoms with Gasteiger partial charge in [0.25, 0.3) is 5.91 Å². The number of carbonyl (C=O) groups excluding carboxylic acids is 1. The minimum atomic E-state index is -4.72. The Kier molecular flexibility index (Phi) is 6.61. The van der Waals surface area contributed by atoms with Crippen molar-refractivity contribution in [2.75, 3.05) is 12.0 Å². The number of aromatic nitrogens is 3. The molecule has 2 heterocycles. The van der Waals surface area contributed by atoms with Gasteiger partial charge in [-0.2, -0.15) is 13.2 Å². The van der Waals surface area contributed by atoms with Gasteiger partial charge >= 0.3 is 12.3 Å². The van der Waals surface area contributed by atoms with Crippen molar-refractivity contribution in [1.29, 1.82) is 0 Å². The lowest BCUT2D eigenvalue weighted by atomic mass is 9.77. The molecule has 2 amide bonds. The van der Waals surface area contributed by atoms with Crippen molar-refractivity contribution in [3.63, 3.8) is 0 Å². The summed E-state index contributed by atoms with van der Waals surface area (Å²) in [5, 5.41) is 17.7. The maximum absolute atomic E-state index is 14.2. The number of hydrogen-bond acceptors (Lipinski definition) is 5. The molecule has 1 N–H and O–H groups in total. The molecule has 0 saturated heterocycles. The Morgan fingerprint density at radius 2 is 2.00 bits per heavy atom.